The van der Waals surface area contributed by atoms with Crippen molar-refractivity contribution in [2.75, 3.05) is 11.9 Å². The molecule has 0 aromatic carbocycles. The summed E-state index contributed by atoms with van der Waals surface area (Å²) < 4.78 is 5.93. The van der Waals surface area contributed by atoms with Crippen LogP contribution in [0.25, 0.3) is 0 Å². The highest BCUT2D eigenvalue weighted by molar-refractivity contribution is 6.32. The van der Waals surface area contributed by atoms with Crippen molar-refractivity contribution in [3.8, 4) is 0 Å². The van der Waals surface area contributed by atoms with E-state index in [4.69, 9.17) is 16.3 Å². The number of hydrogen-bond acceptors (Lipinski definition) is 3. The summed E-state index contributed by atoms with van der Waals surface area (Å²) in [5.41, 5.74) is 2.22. The number of anilines is 1. The molecule has 0 amide bonds. The molecule has 0 spiro atoms. The maximum absolute atomic E-state index is 6.18. The van der Waals surface area contributed by atoms with E-state index in [9.17, 15) is 0 Å². The number of nitrogens with one attached hydrogen (secondary N) is 1. The Bertz CT molecular complexity index is 489. The Labute approximate surface area is 119 Å². The van der Waals surface area contributed by atoms with E-state index >= 15 is 0 Å². The number of aryl methyl sites for hydroxylation is 1. The van der Waals surface area contributed by atoms with Gasteiger partial charge in [-0.2, -0.15) is 0 Å². The van der Waals surface area contributed by atoms with Crippen molar-refractivity contribution in [1.29, 1.82) is 0 Å². The standard InChI is InChI=1S/C15H21ClN2O/c1-9-7-11(14(16)17-8-9)18-12-10-5-4-6-19-13(10)15(12,2)3/h7-8,10,12-13,18H,4-6H2,1-3H3. The first-order chi connectivity index (χ1) is 9.00. The van der Waals surface area contributed by atoms with Crippen molar-refractivity contribution in [2.24, 2.45) is 11.3 Å². The van der Waals surface area contributed by atoms with E-state index < -0.39 is 0 Å². The fourth-order valence-corrected chi connectivity index (χ4v) is 3.79. The highest BCUT2D eigenvalue weighted by Crippen LogP contribution is 2.52. The molecule has 3 nitrogen and oxygen atoms in total. The molecule has 1 aromatic heterocycles. The zero-order chi connectivity index (χ0) is 13.6. The second-order valence-electron chi connectivity index (χ2n) is 6.39. The van der Waals surface area contributed by atoms with E-state index in [1.54, 1.807) is 6.20 Å². The number of nitrogens with zero attached hydrogens (tertiary/aromatic N) is 1. The predicted octanol–water partition coefficient (Wildman–Crippen LogP) is 3.66. The lowest BCUT2D eigenvalue weighted by Crippen LogP contribution is -2.67. The van der Waals surface area contributed by atoms with E-state index in [1.165, 1.54) is 6.42 Å². The fourth-order valence-electron chi connectivity index (χ4n) is 3.64. The Hall–Kier alpha value is -0.800. The average molecular weight is 281 g/mol. The molecule has 1 saturated carbocycles. The number of halogens is 1. The summed E-state index contributed by atoms with van der Waals surface area (Å²) in [6, 6.07) is 2.49. The van der Waals surface area contributed by atoms with Gasteiger partial charge in [0.15, 0.2) is 5.15 Å². The molecule has 0 radical (unpaired) electrons. The van der Waals surface area contributed by atoms with Crippen LogP contribution in [-0.2, 0) is 4.74 Å². The van der Waals surface area contributed by atoms with Gasteiger partial charge < -0.3 is 10.1 Å². The molecule has 2 aliphatic rings. The van der Waals surface area contributed by atoms with Crippen LogP contribution in [0.15, 0.2) is 12.3 Å². The molecular formula is C15H21ClN2O. The largest absolute Gasteiger partial charge is 0.379 e. The Kier molecular flexibility index (Phi) is 3.22. The van der Waals surface area contributed by atoms with Crippen LogP contribution in [0.1, 0.15) is 32.3 Å². The van der Waals surface area contributed by atoms with Gasteiger partial charge in [0.1, 0.15) is 0 Å². The van der Waals surface area contributed by atoms with Gasteiger partial charge in [-0.1, -0.05) is 25.4 Å². The van der Waals surface area contributed by atoms with Crippen molar-refractivity contribution < 1.29 is 4.74 Å². The first-order valence-electron chi connectivity index (χ1n) is 7.00. The van der Waals surface area contributed by atoms with Crippen LogP contribution in [0.2, 0.25) is 5.15 Å². The molecule has 2 heterocycles. The molecule has 3 atom stereocenters. The maximum atomic E-state index is 6.18. The van der Waals surface area contributed by atoms with Gasteiger partial charge in [0, 0.05) is 30.2 Å². The van der Waals surface area contributed by atoms with Crippen LogP contribution < -0.4 is 5.32 Å². The Morgan fingerprint density at radius 1 is 1.47 bits per heavy atom. The van der Waals surface area contributed by atoms with Crippen LogP contribution in [0, 0.1) is 18.3 Å². The SMILES string of the molecule is Cc1cnc(Cl)c(NC2C3CCCOC3C2(C)C)c1. The molecule has 4 heteroatoms. The summed E-state index contributed by atoms with van der Waals surface area (Å²) in [4.78, 5) is 4.21. The Balaban J connectivity index is 1.81. The number of hydrogen-bond donors (Lipinski definition) is 1. The van der Waals surface area contributed by atoms with Crippen LogP contribution in [-0.4, -0.2) is 23.7 Å². The van der Waals surface area contributed by atoms with Crippen LogP contribution >= 0.6 is 11.6 Å². The third-order valence-corrected chi connectivity index (χ3v) is 4.92. The number of ether oxygens (including phenoxy) is 1. The number of fused-ring (bicyclic) bond motifs is 1. The molecule has 1 aliphatic carbocycles. The number of aromatic nitrogens is 1. The zero-order valence-electron chi connectivity index (χ0n) is 11.7. The van der Waals surface area contributed by atoms with Gasteiger partial charge in [-0.25, -0.2) is 4.98 Å². The lowest BCUT2D eigenvalue weighted by atomic mass is 9.55. The van der Waals surface area contributed by atoms with E-state index in [0.29, 0.717) is 23.2 Å². The lowest BCUT2D eigenvalue weighted by Gasteiger charge is -2.60. The van der Waals surface area contributed by atoms with Gasteiger partial charge in [-0.05, 0) is 31.4 Å². The Morgan fingerprint density at radius 3 is 3.05 bits per heavy atom. The third-order valence-electron chi connectivity index (χ3n) is 4.62. The summed E-state index contributed by atoms with van der Waals surface area (Å²) in [6.07, 6.45) is 4.58. The lowest BCUT2D eigenvalue weighted by molar-refractivity contribution is -0.177. The summed E-state index contributed by atoms with van der Waals surface area (Å²) in [7, 11) is 0. The fraction of sp³-hybridized carbons (Fsp3) is 0.667. The monoisotopic (exact) mass is 280 g/mol. The summed E-state index contributed by atoms with van der Waals surface area (Å²) >= 11 is 6.18. The van der Waals surface area contributed by atoms with E-state index in [2.05, 4.69) is 30.2 Å². The molecule has 3 unspecified atom stereocenters. The normalized spacial score (nSPS) is 32.3. The van der Waals surface area contributed by atoms with Gasteiger partial charge in [0.2, 0.25) is 0 Å². The van der Waals surface area contributed by atoms with Crippen LogP contribution in [0.4, 0.5) is 5.69 Å². The molecule has 1 saturated heterocycles. The summed E-state index contributed by atoms with van der Waals surface area (Å²) in [5.74, 6) is 0.598. The molecule has 1 aromatic rings. The topological polar surface area (TPSA) is 34.2 Å². The summed E-state index contributed by atoms with van der Waals surface area (Å²) in [6.45, 7) is 7.49. The minimum Gasteiger partial charge on any atom is -0.379 e. The van der Waals surface area contributed by atoms with Crippen molar-refractivity contribution in [3.05, 3.63) is 23.0 Å². The molecule has 104 valence electrons. The first-order valence-corrected chi connectivity index (χ1v) is 7.38. The van der Waals surface area contributed by atoms with Gasteiger partial charge in [-0.15, -0.1) is 0 Å². The van der Waals surface area contributed by atoms with Crippen molar-refractivity contribution >= 4 is 17.3 Å². The van der Waals surface area contributed by atoms with Crippen molar-refractivity contribution in [2.45, 2.75) is 45.8 Å². The second kappa shape index (κ2) is 4.64. The number of pyridine rings is 1. The van der Waals surface area contributed by atoms with Crippen LogP contribution in [0.3, 0.4) is 0 Å². The molecule has 1 N–H and O–H groups in total. The molecule has 3 rings (SSSR count). The van der Waals surface area contributed by atoms with Crippen molar-refractivity contribution in [3.63, 3.8) is 0 Å². The number of rotatable bonds is 2. The zero-order valence-corrected chi connectivity index (χ0v) is 12.5. The van der Waals surface area contributed by atoms with E-state index in [-0.39, 0.29) is 5.41 Å². The van der Waals surface area contributed by atoms with Gasteiger partial charge >= 0.3 is 0 Å². The molecule has 19 heavy (non-hydrogen) atoms. The highest BCUT2D eigenvalue weighted by atomic mass is 35.5. The van der Waals surface area contributed by atoms with E-state index in [1.807, 2.05) is 6.92 Å². The first kappa shape index (κ1) is 13.2. The second-order valence-corrected chi connectivity index (χ2v) is 6.75. The molecule has 2 fully saturated rings. The molecule has 0 bridgehead atoms. The van der Waals surface area contributed by atoms with Gasteiger partial charge in [0.05, 0.1) is 11.8 Å². The van der Waals surface area contributed by atoms with Crippen LogP contribution in [0.5, 0.6) is 0 Å². The molecular weight excluding hydrogens is 260 g/mol. The molecule has 1 aliphatic heterocycles. The smallest absolute Gasteiger partial charge is 0.152 e. The predicted molar refractivity (Wildman–Crippen MR) is 77.6 cm³/mol. The van der Waals surface area contributed by atoms with E-state index in [0.717, 1.165) is 24.3 Å². The minimum absolute atomic E-state index is 0.151. The third kappa shape index (κ3) is 2.13. The highest BCUT2D eigenvalue weighted by Gasteiger charge is 2.58. The quantitative estimate of drug-likeness (QED) is 0.840. The van der Waals surface area contributed by atoms with Gasteiger partial charge in [0.25, 0.3) is 0 Å². The summed E-state index contributed by atoms with van der Waals surface area (Å²) in [5, 5.41) is 4.16. The maximum Gasteiger partial charge on any atom is 0.152 e. The van der Waals surface area contributed by atoms with Gasteiger partial charge in [-0.3, -0.25) is 0 Å². The van der Waals surface area contributed by atoms with Crippen molar-refractivity contribution in [1.82, 2.24) is 4.98 Å². The minimum atomic E-state index is 0.151. The average Bonchev–Trinajstić information content (AvgIpc) is 2.39. The Morgan fingerprint density at radius 2 is 2.26 bits per heavy atom.